The lowest BCUT2D eigenvalue weighted by Gasteiger charge is -2.11. The Hall–Kier alpha value is -1.05. The number of rotatable bonds is 6. The predicted octanol–water partition coefficient (Wildman–Crippen LogP) is 3.69. The van der Waals surface area contributed by atoms with Crippen LogP contribution in [-0.4, -0.2) is 13.3 Å². The van der Waals surface area contributed by atoms with Gasteiger partial charge in [-0.1, -0.05) is 24.6 Å². The van der Waals surface area contributed by atoms with Gasteiger partial charge in [0, 0.05) is 0 Å². The highest BCUT2D eigenvalue weighted by atomic mass is 19.1. The van der Waals surface area contributed by atoms with Gasteiger partial charge < -0.3 is 4.74 Å². The van der Waals surface area contributed by atoms with Gasteiger partial charge in [0.05, 0.1) is 13.3 Å². The summed E-state index contributed by atoms with van der Waals surface area (Å²) in [5, 5.41) is 0. The Morgan fingerprint density at radius 2 is 2.13 bits per heavy atom. The average Bonchev–Trinajstić information content (AvgIpc) is 2.25. The molecule has 0 unspecified atom stereocenters. The highest BCUT2D eigenvalue weighted by Crippen LogP contribution is 2.21. The van der Waals surface area contributed by atoms with Crippen molar-refractivity contribution in [2.45, 2.75) is 33.1 Å². The van der Waals surface area contributed by atoms with Crippen LogP contribution >= 0.6 is 0 Å². The fourth-order valence-electron chi connectivity index (χ4n) is 1.51. The van der Waals surface area contributed by atoms with Crippen LogP contribution in [-0.2, 0) is 6.42 Å². The maximum absolute atomic E-state index is 12.1. The second-order valence-corrected chi connectivity index (χ2v) is 3.75. The molecule has 0 aliphatic rings. The molecule has 1 nitrogen and oxygen atoms in total. The van der Waals surface area contributed by atoms with Gasteiger partial charge in [-0.25, -0.2) is 0 Å². The first-order chi connectivity index (χ1) is 7.27. The molecule has 1 rings (SSSR count). The van der Waals surface area contributed by atoms with E-state index in [1.165, 1.54) is 5.56 Å². The molecule has 0 heterocycles. The first-order valence-corrected chi connectivity index (χ1v) is 5.56. The summed E-state index contributed by atoms with van der Waals surface area (Å²) in [4.78, 5) is 0. The second kappa shape index (κ2) is 6.44. The molecule has 0 aliphatic carbocycles. The Labute approximate surface area is 91.3 Å². The number of aryl methyl sites for hydroxylation is 2. The molecule has 0 aromatic heterocycles. The van der Waals surface area contributed by atoms with E-state index in [4.69, 9.17) is 4.74 Å². The maximum Gasteiger partial charge on any atom is 0.122 e. The quantitative estimate of drug-likeness (QED) is 0.696. The molecule has 0 N–H and O–H groups in total. The highest BCUT2D eigenvalue weighted by Gasteiger charge is 2.03. The van der Waals surface area contributed by atoms with Crippen LogP contribution in [0.5, 0.6) is 5.75 Å². The molecule has 1 aromatic carbocycles. The number of halogens is 1. The number of benzene rings is 1. The normalized spacial score (nSPS) is 10.3. The van der Waals surface area contributed by atoms with Gasteiger partial charge in [0.25, 0.3) is 0 Å². The molecule has 0 bridgehead atoms. The fraction of sp³-hybridized carbons (Fsp3) is 0.538. The molecule has 0 radical (unpaired) electrons. The van der Waals surface area contributed by atoms with Crippen LogP contribution in [0.1, 0.15) is 30.9 Å². The van der Waals surface area contributed by atoms with Crippen molar-refractivity contribution in [3.63, 3.8) is 0 Å². The fourth-order valence-corrected chi connectivity index (χ4v) is 1.51. The van der Waals surface area contributed by atoms with Crippen LogP contribution in [0.2, 0.25) is 0 Å². The summed E-state index contributed by atoms with van der Waals surface area (Å²) in [7, 11) is 0. The van der Waals surface area contributed by atoms with Crippen LogP contribution in [0, 0.1) is 6.92 Å². The molecular weight excluding hydrogens is 191 g/mol. The van der Waals surface area contributed by atoms with Gasteiger partial charge in [0.15, 0.2) is 0 Å². The van der Waals surface area contributed by atoms with Crippen LogP contribution in [0.15, 0.2) is 18.2 Å². The molecule has 0 fully saturated rings. The Balaban J connectivity index is 2.73. The van der Waals surface area contributed by atoms with Gasteiger partial charge >= 0.3 is 0 Å². The van der Waals surface area contributed by atoms with Gasteiger partial charge in [-0.05, 0) is 37.8 Å². The zero-order valence-corrected chi connectivity index (χ0v) is 9.55. The maximum atomic E-state index is 12.1. The summed E-state index contributed by atoms with van der Waals surface area (Å²) in [5.74, 6) is 0.913. The Morgan fingerprint density at radius 1 is 1.33 bits per heavy atom. The second-order valence-electron chi connectivity index (χ2n) is 3.75. The van der Waals surface area contributed by atoms with Crippen molar-refractivity contribution < 1.29 is 9.13 Å². The van der Waals surface area contributed by atoms with Gasteiger partial charge in [-0.15, -0.1) is 0 Å². The van der Waals surface area contributed by atoms with Gasteiger partial charge in [0.1, 0.15) is 5.75 Å². The van der Waals surface area contributed by atoms with Gasteiger partial charge in [0.2, 0.25) is 0 Å². The summed E-state index contributed by atoms with van der Waals surface area (Å²) in [6.07, 6.45) is 2.33. The summed E-state index contributed by atoms with van der Waals surface area (Å²) in [5.41, 5.74) is 2.33. The van der Waals surface area contributed by atoms with Gasteiger partial charge in [-0.3, -0.25) is 4.39 Å². The minimum Gasteiger partial charge on any atom is -0.493 e. The molecule has 0 saturated carbocycles. The van der Waals surface area contributed by atoms with E-state index < -0.39 is 0 Å². The monoisotopic (exact) mass is 210 g/mol. The SMILES string of the molecule is CCCOc1ccc(C)cc1CCCF. The van der Waals surface area contributed by atoms with Crippen LogP contribution in [0.4, 0.5) is 4.39 Å². The van der Waals surface area contributed by atoms with Crippen LogP contribution in [0.3, 0.4) is 0 Å². The Bertz CT molecular complexity index is 297. The van der Waals surface area contributed by atoms with Crippen molar-refractivity contribution in [1.29, 1.82) is 0 Å². The molecule has 2 heteroatoms. The molecule has 0 amide bonds. The zero-order chi connectivity index (χ0) is 11.1. The van der Waals surface area contributed by atoms with Crippen LogP contribution < -0.4 is 4.74 Å². The molecular formula is C13H19FO. The summed E-state index contributed by atoms with van der Waals surface area (Å²) in [6.45, 7) is 4.59. The molecule has 1 aromatic rings. The van der Waals surface area contributed by atoms with E-state index in [1.54, 1.807) is 0 Å². The van der Waals surface area contributed by atoms with E-state index in [-0.39, 0.29) is 6.67 Å². The van der Waals surface area contributed by atoms with Crippen molar-refractivity contribution in [1.82, 2.24) is 0 Å². The molecule has 0 saturated heterocycles. The third kappa shape index (κ3) is 3.90. The molecule has 84 valence electrons. The van der Waals surface area contributed by atoms with E-state index in [9.17, 15) is 4.39 Å². The predicted molar refractivity (Wildman–Crippen MR) is 61.3 cm³/mol. The van der Waals surface area contributed by atoms with Crippen molar-refractivity contribution in [2.24, 2.45) is 0 Å². The van der Waals surface area contributed by atoms with Crippen molar-refractivity contribution in [3.05, 3.63) is 29.3 Å². The Morgan fingerprint density at radius 3 is 2.80 bits per heavy atom. The van der Waals surface area contributed by atoms with E-state index in [2.05, 4.69) is 13.0 Å². The lowest BCUT2D eigenvalue weighted by Crippen LogP contribution is -1.99. The molecule has 0 spiro atoms. The lowest BCUT2D eigenvalue weighted by atomic mass is 10.1. The molecule has 0 atom stereocenters. The largest absolute Gasteiger partial charge is 0.493 e. The zero-order valence-electron chi connectivity index (χ0n) is 9.55. The minimum atomic E-state index is -0.263. The van der Waals surface area contributed by atoms with E-state index in [1.807, 2.05) is 19.1 Å². The minimum absolute atomic E-state index is 0.263. The third-order valence-electron chi connectivity index (χ3n) is 2.26. The van der Waals surface area contributed by atoms with Crippen molar-refractivity contribution in [2.75, 3.05) is 13.3 Å². The number of alkyl halides is 1. The summed E-state index contributed by atoms with van der Waals surface area (Å²) >= 11 is 0. The first kappa shape index (κ1) is 12.0. The summed E-state index contributed by atoms with van der Waals surface area (Å²) < 4.78 is 17.7. The Kier molecular flexibility index (Phi) is 5.16. The van der Waals surface area contributed by atoms with E-state index in [0.29, 0.717) is 6.42 Å². The van der Waals surface area contributed by atoms with E-state index in [0.717, 1.165) is 30.8 Å². The summed E-state index contributed by atoms with van der Waals surface area (Å²) in [6, 6.07) is 6.10. The van der Waals surface area contributed by atoms with Crippen LogP contribution in [0.25, 0.3) is 0 Å². The molecule has 0 aliphatic heterocycles. The topological polar surface area (TPSA) is 9.23 Å². The average molecular weight is 210 g/mol. The number of hydrogen-bond donors (Lipinski definition) is 0. The highest BCUT2D eigenvalue weighted by molar-refractivity contribution is 5.37. The third-order valence-corrected chi connectivity index (χ3v) is 2.26. The first-order valence-electron chi connectivity index (χ1n) is 5.56. The smallest absolute Gasteiger partial charge is 0.122 e. The lowest BCUT2D eigenvalue weighted by molar-refractivity contribution is 0.313. The van der Waals surface area contributed by atoms with Gasteiger partial charge in [-0.2, -0.15) is 0 Å². The van der Waals surface area contributed by atoms with E-state index >= 15 is 0 Å². The van der Waals surface area contributed by atoms with Crippen molar-refractivity contribution in [3.8, 4) is 5.75 Å². The number of hydrogen-bond acceptors (Lipinski definition) is 1. The number of ether oxygens (including phenoxy) is 1. The molecule has 15 heavy (non-hydrogen) atoms. The standard InChI is InChI=1S/C13H19FO/c1-3-9-15-13-7-6-11(2)10-12(13)5-4-8-14/h6-7,10H,3-5,8-9H2,1-2H3. The van der Waals surface area contributed by atoms with Crippen molar-refractivity contribution >= 4 is 0 Å².